The summed E-state index contributed by atoms with van der Waals surface area (Å²) in [6.45, 7) is 3.91. The van der Waals surface area contributed by atoms with Gasteiger partial charge in [0.15, 0.2) is 38.8 Å². The summed E-state index contributed by atoms with van der Waals surface area (Å²) in [5, 5.41) is 4.47. The zero-order valence-electron chi connectivity index (χ0n) is 30.9. The van der Waals surface area contributed by atoms with Gasteiger partial charge in [-0.2, -0.15) is 0 Å². The van der Waals surface area contributed by atoms with Gasteiger partial charge in [0, 0.05) is 64.6 Å². The molecule has 300 valence electrons. The van der Waals surface area contributed by atoms with E-state index < -0.39 is 67.4 Å². The Labute approximate surface area is 325 Å². The number of nitrogens with one attached hydrogen (secondary N) is 2. The van der Waals surface area contributed by atoms with Gasteiger partial charge in [-0.05, 0) is 27.7 Å². The molecule has 2 fully saturated rings. The van der Waals surface area contributed by atoms with Gasteiger partial charge in [0.05, 0.1) is 37.6 Å². The van der Waals surface area contributed by atoms with Crippen molar-refractivity contribution >= 4 is 97.5 Å². The molecule has 0 aromatic carbocycles. The van der Waals surface area contributed by atoms with E-state index in [1.54, 1.807) is 0 Å². The predicted molar refractivity (Wildman–Crippen MR) is 197 cm³/mol. The summed E-state index contributed by atoms with van der Waals surface area (Å²) in [7, 11) is 3.64. The van der Waals surface area contributed by atoms with Crippen LogP contribution in [0.5, 0.6) is 0 Å². The van der Waals surface area contributed by atoms with E-state index in [9.17, 15) is 52.7 Å². The zero-order chi connectivity index (χ0) is 40.6. The normalized spacial score (nSPS) is 16.8. The molecule has 2 N–H and O–H groups in total. The molecule has 2 saturated heterocycles. The highest BCUT2D eigenvalue weighted by molar-refractivity contribution is 8.94. The van der Waals surface area contributed by atoms with E-state index in [-0.39, 0.29) is 108 Å². The van der Waals surface area contributed by atoms with Crippen LogP contribution in [0.3, 0.4) is 0 Å². The van der Waals surface area contributed by atoms with Gasteiger partial charge >= 0.3 is 0 Å². The lowest BCUT2D eigenvalue weighted by atomic mass is 9.72. The Morgan fingerprint density at radius 1 is 0.870 bits per heavy atom. The van der Waals surface area contributed by atoms with E-state index in [0.717, 1.165) is 59.0 Å². The molecule has 1 unspecified atom stereocenters. The number of ether oxygens (including phenoxy) is 3. The molecule has 2 aliphatic heterocycles. The van der Waals surface area contributed by atoms with Crippen molar-refractivity contribution in [2.45, 2.75) is 69.1 Å². The third-order valence-corrected chi connectivity index (χ3v) is 12.8. The molecule has 17 nitrogen and oxygen atoms in total. The van der Waals surface area contributed by atoms with E-state index in [0.29, 0.717) is 0 Å². The smallest absolute Gasteiger partial charge is 0.246 e. The first-order chi connectivity index (χ1) is 25.4. The third kappa shape index (κ3) is 12.9. The summed E-state index contributed by atoms with van der Waals surface area (Å²) in [5.74, 6) is -6.94. The van der Waals surface area contributed by atoms with Crippen molar-refractivity contribution in [3.8, 4) is 0 Å². The van der Waals surface area contributed by atoms with Crippen molar-refractivity contribution in [1.29, 1.82) is 0 Å². The predicted octanol–water partition coefficient (Wildman–Crippen LogP) is 0.0767. The number of hydrogen-bond acceptors (Lipinski definition) is 17. The Bertz CT molecular complexity index is 1460. The summed E-state index contributed by atoms with van der Waals surface area (Å²) in [5.41, 5.74) is -2.33. The Morgan fingerprint density at radius 3 is 2.04 bits per heavy atom. The summed E-state index contributed by atoms with van der Waals surface area (Å²) < 4.78 is 14.4. The number of Topliss-reactive ketones (excluding diaryl/α,β-unsaturated/α-hetero) is 7. The molecule has 0 aromatic heterocycles. The van der Waals surface area contributed by atoms with E-state index in [4.69, 9.17) is 14.2 Å². The summed E-state index contributed by atoms with van der Waals surface area (Å²) in [4.78, 5) is 137. The number of carbonyl (C=O) groups is 11. The van der Waals surface area contributed by atoms with E-state index in [2.05, 4.69) is 10.6 Å². The number of rotatable bonds is 29. The fourth-order valence-electron chi connectivity index (χ4n) is 5.61. The van der Waals surface area contributed by atoms with Crippen molar-refractivity contribution in [1.82, 2.24) is 15.5 Å². The molecule has 0 saturated carbocycles. The maximum absolute atomic E-state index is 13.0. The molecule has 2 aliphatic rings. The van der Waals surface area contributed by atoms with Crippen LogP contribution in [0.25, 0.3) is 0 Å². The summed E-state index contributed by atoms with van der Waals surface area (Å²) >= 11 is 1.13. The van der Waals surface area contributed by atoms with E-state index in [1.807, 2.05) is 0 Å². The quantitative estimate of drug-likeness (QED) is 0.0334. The minimum atomic E-state index is -2.33. The van der Waals surface area contributed by atoms with Crippen LogP contribution in [0, 0.1) is 11.3 Å². The fraction of sp³-hybridized carbons (Fsp3) is 0.676. The van der Waals surface area contributed by atoms with Crippen molar-refractivity contribution in [2.75, 3.05) is 65.5 Å². The number of carbonyl (C=O) groups excluding carboxylic acids is 11. The Kier molecular flexibility index (Phi) is 19.4. The summed E-state index contributed by atoms with van der Waals surface area (Å²) in [6.07, 6.45) is -0.773. The average molecular weight is 818 g/mol. The van der Waals surface area contributed by atoms with Crippen LogP contribution in [0.1, 0.15) is 59.8 Å². The highest BCUT2D eigenvalue weighted by atomic mass is 33.2. The molecule has 0 spiro atoms. The molecule has 4 amide bonds. The van der Waals surface area contributed by atoms with Crippen LogP contribution in [0.2, 0.25) is 0 Å². The minimum absolute atomic E-state index is 0.0134. The molecule has 0 aromatic rings. The highest BCUT2D eigenvalue weighted by Gasteiger charge is 2.57. The first-order valence-corrected chi connectivity index (χ1v) is 20.3. The molecule has 0 bridgehead atoms. The van der Waals surface area contributed by atoms with Crippen LogP contribution in [-0.2, 0) is 67.0 Å². The molecule has 54 heavy (non-hydrogen) atoms. The maximum Gasteiger partial charge on any atom is 0.246 e. The minimum Gasteiger partial charge on any atom is -0.379 e. The van der Waals surface area contributed by atoms with Crippen LogP contribution in [-0.4, -0.2) is 144 Å². The maximum atomic E-state index is 13.0. The Balaban J connectivity index is 1.75. The van der Waals surface area contributed by atoms with Gasteiger partial charge in [0.1, 0.15) is 12.4 Å². The van der Waals surface area contributed by atoms with Crippen molar-refractivity contribution in [3.63, 3.8) is 0 Å². The standard InChI is InChI=1S/C34H47N3O14S3/c1-20(38)33(21(2)39,22(3)40)27(43)7-11-50-13-14-51-12-9-35-31(47)24(18-36-29(45)19-49-5)16-25(42)8-15-52-26-17-30(46)37(32(26)48)10-6-28(44)34(23(4)41)53-54-34/h24,26H,6-19H2,1-5H3,(H,35,47)(H,36,45)/t24-,26?/m1/s1. The highest BCUT2D eigenvalue weighted by Crippen LogP contribution is 2.66. The Hall–Kier alpha value is -3.30. The number of likely N-dealkylation sites (tertiary alicyclic amines) is 1. The topological polar surface area (TPSA) is 243 Å². The third-order valence-electron chi connectivity index (χ3n) is 8.61. The number of thioether (sulfide) groups is 1. The lowest BCUT2D eigenvalue weighted by molar-refractivity contribution is -0.153. The monoisotopic (exact) mass is 817 g/mol. The van der Waals surface area contributed by atoms with Crippen molar-refractivity contribution in [3.05, 3.63) is 0 Å². The lowest BCUT2D eigenvalue weighted by Crippen LogP contribution is -2.50. The van der Waals surface area contributed by atoms with Gasteiger partial charge in [-0.3, -0.25) is 57.6 Å². The fourth-order valence-corrected chi connectivity index (χ4v) is 8.99. The van der Waals surface area contributed by atoms with Gasteiger partial charge < -0.3 is 24.8 Å². The first-order valence-electron chi connectivity index (χ1n) is 17.1. The number of ketones is 7. The zero-order valence-corrected chi connectivity index (χ0v) is 33.4. The van der Waals surface area contributed by atoms with Gasteiger partial charge in [0.25, 0.3) is 0 Å². The second-order valence-corrected chi connectivity index (χ2v) is 16.6. The van der Waals surface area contributed by atoms with Crippen LogP contribution in [0.15, 0.2) is 0 Å². The number of methoxy groups -OCH3 is 1. The van der Waals surface area contributed by atoms with Crippen molar-refractivity contribution < 1.29 is 67.0 Å². The molecule has 20 heteroatoms. The molecule has 0 radical (unpaired) electrons. The number of imide groups is 1. The molecule has 2 heterocycles. The number of nitrogens with zero attached hydrogens (tertiary/aromatic N) is 1. The molecule has 2 atom stereocenters. The van der Waals surface area contributed by atoms with Crippen LogP contribution < -0.4 is 10.6 Å². The molecule has 0 aliphatic carbocycles. The molecule has 2 rings (SSSR count). The largest absolute Gasteiger partial charge is 0.379 e. The SMILES string of the molecule is COCC(=O)NC[C@@H](CC(=O)CCSC1CC(=O)N(CCC(=O)C2(C(C)=O)SS2)C1=O)C(=O)NCCOCCOCCC(=O)C(C(C)=O)(C(C)=O)C(C)=O. The number of amides is 4. The van der Waals surface area contributed by atoms with E-state index in [1.165, 1.54) is 14.0 Å². The van der Waals surface area contributed by atoms with E-state index >= 15 is 0 Å². The van der Waals surface area contributed by atoms with Crippen LogP contribution in [0.4, 0.5) is 0 Å². The Morgan fingerprint density at radius 2 is 1.48 bits per heavy atom. The first kappa shape index (κ1) is 46.9. The molecular weight excluding hydrogens is 771 g/mol. The number of hydrogen-bond donors (Lipinski definition) is 2. The second kappa shape index (κ2) is 22.3. The molecular formula is C34H47N3O14S3. The lowest BCUT2D eigenvalue weighted by Gasteiger charge is -2.23. The van der Waals surface area contributed by atoms with Gasteiger partial charge in [-0.25, -0.2) is 0 Å². The average Bonchev–Trinajstić information content (AvgIpc) is 3.86. The van der Waals surface area contributed by atoms with Crippen molar-refractivity contribution in [2.24, 2.45) is 11.3 Å². The second-order valence-electron chi connectivity index (χ2n) is 12.5. The van der Waals surface area contributed by atoms with Gasteiger partial charge in [-0.1, -0.05) is 21.6 Å². The van der Waals surface area contributed by atoms with Gasteiger partial charge in [0.2, 0.25) is 29.0 Å². The van der Waals surface area contributed by atoms with Gasteiger partial charge in [-0.15, -0.1) is 11.8 Å². The van der Waals surface area contributed by atoms with Crippen LogP contribution >= 0.6 is 33.3 Å². The summed E-state index contributed by atoms with van der Waals surface area (Å²) in [6, 6.07) is 0.